The number of hydrogen-bond acceptors (Lipinski definition) is 3. The van der Waals surface area contributed by atoms with Crippen LogP contribution >= 0.6 is 0 Å². The molecule has 24 heavy (non-hydrogen) atoms. The largest absolute Gasteiger partial charge is 0.493 e. The Bertz CT molecular complexity index is 844. The molecule has 2 aromatic carbocycles. The van der Waals surface area contributed by atoms with Crippen molar-refractivity contribution in [3.05, 3.63) is 59.5 Å². The standard InChI is InChI=1S/C19H21FN2O2/c1-23-18-6-3-12(8-19(18)24-2)7-13(10-21)16-11-22-17-5-4-14(20)9-15(16)17/h3-6,8-9,11,13,22H,7,10,21H2,1-2H3. The molecule has 0 spiro atoms. The lowest BCUT2D eigenvalue weighted by Gasteiger charge is -2.16. The molecule has 0 fully saturated rings. The number of nitrogens with one attached hydrogen (secondary N) is 1. The Hall–Kier alpha value is -2.53. The predicted octanol–water partition coefficient (Wildman–Crippen LogP) is 3.61. The lowest BCUT2D eigenvalue weighted by molar-refractivity contribution is 0.354. The summed E-state index contributed by atoms with van der Waals surface area (Å²) in [5, 5.41) is 0.880. The highest BCUT2D eigenvalue weighted by molar-refractivity contribution is 5.83. The molecule has 0 saturated heterocycles. The smallest absolute Gasteiger partial charge is 0.160 e. The van der Waals surface area contributed by atoms with Crippen molar-refractivity contribution < 1.29 is 13.9 Å². The first kappa shape index (κ1) is 16.3. The van der Waals surface area contributed by atoms with Crippen molar-refractivity contribution in [1.29, 1.82) is 0 Å². The maximum Gasteiger partial charge on any atom is 0.160 e. The lowest BCUT2D eigenvalue weighted by atomic mass is 9.91. The fourth-order valence-electron chi connectivity index (χ4n) is 3.06. The Labute approximate surface area is 140 Å². The van der Waals surface area contributed by atoms with Crippen LogP contribution < -0.4 is 15.2 Å². The van der Waals surface area contributed by atoms with Crippen molar-refractivity contribution in [2.24, 2.45) is 5.73 Å². The van der Waals surface area contributed by atoms with E-state index in [0.29, 0.717) is 18.0 Å². The molecule has 0 amide bonds. The predicted molar refractivity (Wildman–Crippen MR) is 93.3 cm³/mol. The van der Waals surface area contributed by atoms with Crippen molar-refractivity contribution >= 4 is 10.9 Å². The average Bonchev–Trinajstić information content (AvgIpc) is 3.02. The number of rotatable bonds is 6. The topological polar surface area (TPSA) is 60.3 Å². The van der Waals surface area contributed by atoms with Gasteiger partial charge >= 0.3 is 0 Å². The molecule has 1 atom stereocenters. The van der Waals surface area contributed by atoms with Gasteiger partial charge in [0.05, 0.1) is 14.2 Å². The molecule has 3 aromatic rings. The second kappa shape index (κ2) is 6.93. The van der Waals surface area contributed by atoms with Crippen LogP contribution in [-0.2, 0) is 6.42 Å². The number of methoxy groups -OCH3 is 2. The normalized spacial score (nSPS) is 12.3. The number of hydrogen-bond donors (Lipinski definition) is 2. The van der Waals surface area contributed by atoms with Crippen LogP contribution in [0.25, 0.3) is 10.9 Å². The maximum absolute atomic E-state index is 13.6. The third-order valence-electron chi connectivity index (χ3n) is 4.33. The Balaban J connectivity index is 1.93. The zero-order valence-electron chi connectivity index (χ0n) is 13.8. The van der Waals surface area contributed by atoms with Crippen molar-refractivity contribution in [3.8, 4) is 11.5 Å². The number of fused-ring (bicyclic) bond motifs is 1. The molecular weight excluding hydrogens is 307 g/mol. The summed E-state index contributed by atoms with van der Waals surface area (Å²) in [6, 6.07) is 10.6. The number of benzene rings is 2. The molecule has 1 heterocycles. The third-order valence-corrected chi connectivity index (χ3v) is 4.33. The fourth-order valence-corrected chi connectivity index (χ4v) is 3.06. The van der Waals surface area contributed by atoms with E-state index in [9.17, 15) is 4.39 Å². The highest BCUT2D eigenvalue weighted by atomic mass is 19.1. The third kappa shape index (κ3) is 3.08. The molecule has 5 heteroatoms. The highest BCUT2D eigenvalue weighted by Gasteiger charge is 2.17. The molecule has 0 radical (unpaired) electrons. The van der Waals surface area contributed by atoms with Crippen molar-refractivity contribution in [1.82, 2.24) is 4.98 Å². The van der Waals surface area contributed by atoms with Crippen molar-refractivity contribution in [3.63, 3.8) is 0 Å². The second-order valence-corrected chi connectivity index (χ2v) is 5.76. The van der Waals surface area contributed by atoms with Crippen LogP contribution in [-0.4, -0.2) is 25.7 Å². The Kier molecular flexibility index (Phi) is 4.71. The molecule has 0 aliphatic heterocycles. The number of aromatic nitrogens is 1. The van der Waals surface area contributed by atoms with Gasteiger partial charge in [-0.1, -0.05) is 6.07 Å². The quantitative estimate of drug-likeness (QED) is 0.727. The van der Waals surface area contributed by atoms with Gasteiger partial charge in [0.25, 0.3) is 0 Å². The molecular formula is C19H21FN2O2. The molecule has 1 aromatic heterocycles. The van der Waals surface area contributed by atoms with Crippen molar-refractivity contribution in [2.75, 3.05) is 20.8 Å². The van der Waals surface area contributed by atoms with Crippen LogP contribution in [0.5, 0.6) is 11.5 Å². The SMILES string of the molecule is COc1ccc(CC(CN)c2c[nH]c3ccc(F)cc23)cc1OC. The number of halogens is 1. The molecule has 0 aliphatic carbocycles. The summed E-state index contributed by atoms with van der Waals surface area (Å²) in [5.41, 5.74) is 9.04. The summed E-state index contributed by atoms with van der Waals surface area (Å²) in [4.78, 5) is 3.19. The van der Waals surface area contributed by atoms with Crippen LogP contribution in [0.1, 0.15) is 17.0 Å². The van der Waals surface area contributed by atoms with E-state index < -0.39 is 0 Å². The van der Waals surface area contributed by atoms with Crippen LogP contribution in [0.3, 0.4) is 0 Å². The Morgan fingerprint density at radius 2 is 1.88 bits per heavy atom. The number of aromatic amines is 1. The van der Waals surface area contributed by atoms with Crippen LogP contribution in [0, 0.1) is 5.82 Å². The molecule has 126 valence electrons. The van der Waals surface area contributed by atoms with E-state index in [-0.39, 0.29) is 11.7 Å². The number of H-pyrrole nitrogens is 1. The van der Waals surface area contributed by atoms with Gasteiger partial charge in [0.15, 0.2) is 11.5 Å². The summed E-state index contributed by atoms with van der Waals surface area (Å²) >= 11 is 0. The zero-order valence-corrected chi connectivity index (χ0v) is 13.8. The first-order chi connectivity index (χ1) is 11.7. The van der Waals surface area contributed by atoms with E-state index in [2.05, 4.69) is 4.98 Å². The lowest BCUT2D eigenvalue weighted by Crippen LogP contribution is -2.15. The van der Waals surface area contributed by atoms with E-state index in [0.717, 1.165) is 28.5 Å². The molecule has 4 nitrogen and oxygen atoms in total. The monoisotopic (exact) mass is 328 g/mol. The minimum absolute atomic E-state index is 0.0821. The van der Waals surface area contributed by atoms with E-state index in [1.165, 1.54) is 6.07 Å². The van der Waals surface area contributed by atoms with E-state index >= 15 is 0 Å². The minimum Gasteiger partial charge on any atom is -0.493 e. The number of ether oxygens (including phenoxy) is 2. The minimum atomic E-state index is -0.245. The first-order valence-corrected chi connectivity index (χ1v) is 7.83. The summed E-state index contributed by atoms with van der Waals surface area (Å²) in [6.07, 6.45) is 2.66. The second-order valence-electron chi connectivity index (χ2n) is 5.76. The molecule has 1 unspecified atom stereocenters. The summed E-state index contributed by atoms with van der Waals surface area (Å²) < 4.78 is 24.2. The molecule has 0 aliphatic rings. The molecule has 0 bridgehead atoms. The molecule has 3 rings (SSSR count). The van der Waals surface area contributed by atoms with Crippen LogP contribution in [0.15, 0.2) is 42.6 Å². The van der Waals surface area contributed by atoms with E-state index in [4.69, 9.17) is 15.2 Å². The Morgan fingerprint density at radius 1 is 1.08 bits per heavy atom. The molecule has 0 saturated carbocycles. The van der Waals surface area contributed by atoms with Gasteiger partial charge < -0.3 is 20.2 Å². The first-order valence-electron chi connectivity index (χ1n) is 7.83. The Morgan fingerprint density at radius 3 is 2.58 bits per heavy atom. The maximum atomic E-state index is 13.6. The van der Waals surface area contributed by atoms with Crippen LogP contribution in [0.4, 0.5) is 4.39 Å². The van der Waals surface area contributed by atoms with Gasteiger partial charge in [-0.25, -0.2) is 4.39 Å². The molecule has 3 N–H and O–H groups in total. The van der Waals surface area contributed by atoms with Gasteiger partial charge in [0.2, 0.25) is 0 Å². The number of nitrogens with two attached hydrogens (primary N) is 1. The van der Waals surface area contributed by atoms with Gasteiger partial charge in [-0.2, -0.15) is 0 Å². The summed E-state index contributed by atoms with van der Waals surface area (Å²) in [5.74, 6) is 1.22. The zero-order chi connectivity index (χ0) is 17.1. The van der Waals surface area contributed by atoms with Crippen molar-refractivity contribution in [2.45, 2.75) is 12.3 Å². The highest BCUT2D eigenvalue weighted by Crippen LogP contribution is 2.32. The van der Waals surface area contributed by atoms with Gasteiger partial charge in [0.1, 0.15) is 5.82 Å². The van der Waals surface area contributed by atoms with Crippen LogP contribution in [0.2, 0.25) is 0 Å². The van der Waals surface area contributed by atoms with Gasteiger partial charge in [-0.15, -0.1) is 0 Å². The van der Waals surface area contributed by atoms with Gasteiger partial charge in [-0.05, 0) is 54.4 Å². The van der Waals surface area contributed by atoms with E-state index in [1.807, 2.05) is 24.4 Å². The fraction of sp³-hybridized carbons (Fsp3) is 0.263. The average molecular weight is 328 g/mol. The summed E-state index contributed by atoms with van der Waals surface area (Å²) in [7, 11) is 3.23. The van der Waals surface area contributed by atoms with E-state index in [1.54, 1.807) is 26.4 Å². The summed E-state index contributed by atoms with van der Waals surface area (Å²) in [6.45, 7) is 0.470. The van der Waals surface area contributed by atoms with Gasteiger partial charge in [0, 0.05) is 23.0 Å². The van der Waals surface area contributed by atoms with Gasteiger partial charge in [-0.3, -0.25) is 0 Å².